The van der Waals surface area contributed by atoms with Crippen LogP contribution >= 0.6 is 0 Å². The number of nitriles is 1. The molecule has 118 valence electrons. The van der Waals surface area contributed by atoms with E-state index in [4.69, 9.17) is 0 Å². The van der Waals surface area contributed by atoms with Crippen molar-refractivity contribution < 1.29 is 0 Å². The summed E-state index contributed by atoms with van der Waals surface area (Å²) in [7, 11) is 4.02. The molecule has 0 spiro atoms. The lowest BCUT2D eigenvalue weighted by atomic mass is 10.1. The van der Waals surface area contributed by atoms with E-state index in [1.165, 1.54) is 6.42 Å². The van der Waals surface area contributed by atoms with E-state index in [-0.39, 0.29) is 0 Å². The van der Waals surface area contributed by atoms with Gasteiger partial charge in [0.25, 0.3) is 0 Å². The first-order valence-electron chi connectivity index (χ1n) is 8.00. The number of fused-ring (bicyclic) bond motifs is 1. The summed E-state index contributed by atoms with van der Waals surface area (Å²) in [5.74, 6) is 1.70. The van der Waals surface area contributed by atoms with Gasteiger partial charge in [0.05, 0.1) is 5.57 Å². The molecule has 0 amide bonds. The summed E-state index contributed by atoms with van der Waals surface area (Å²) >= 11 is 0. The number of hydrogen-bond acceptors (Lipinski definition) is 4. The van der Waals surface area contributed by atoms with Crippen molar-refractivity contribution in [3.63, 3.8) is 0 Å². The molecule has 1 aliphatic rings. The van der Waals surface area contributed by atoms with Gasteiger partial charge >= 0.3 is 0 Å². The average Bonchev–Trinajstić information content (AvgIpc) is 2.81. The maximum atomic E-state index is 9.57. The van der Waals surface area contributed by atoms with Gasteiger partial charge < -0.3 is 9.47 Å². The Kier molecular flexibility index (Phi) is 4.42. The molecular weight excluding hydrogens is 286 g/mol. The second-order valence-corrected chi connectivity index (χ2v) is 6.06. The summed E-state index contributed by atoms with van der Waals surface area (Å²) in [6.07, 6.45) is 6.31. The zero-order chi connectivity index (χ0) is 16.2. The smallest absolute Gasteiger partial charge is 0.174 e. The van der Waals surface area contributed by atoms with Gasteiger partial charge in [-0.05, 0) is 36.6 Å². The van der Waals surface area contributed by atoms with Crippen LogP contribution in [0, 0.1) is 11.3 Å². The van der Waals surface area contributed by atoms with E-state index in [2.05, 4.69) is 25.7 Å². The number of benzene rings is 1. The van der Waals surface area contributed by atoms with E-state index in [0.29, 0.717) is 11.4 Å². The molecule has 0 aliphatic carbocycles. The van der Waals surface area contributed by atoms with Gasteiger partial charge in [0.15, 0.2) is 5.82 Å². The molecular formula is C18H21N5. The van der Waals surface area contributed by atoms with Crippen molar-refractivity contribution in [1.29, 1.82) is 5.26 Å². The van der Waals surface area contributed by atoms with Crippen molar-refractivity contribution in [2.24, 2.45) is 0 Å². The molecule has 1 aromatic carbocycles. The molecule has 0 saturated carbocycles. The lowest BCUT2D eigenvalue weighted by molar-refractivity contribution is 0.627. The lowest BCUT2D eigenvalue weighted by Gasteiger charge is -2.12. The molecule has 0 saturated heterocycles. The lowest BCUT2D eigenvalue weighted by Crippen LogP contribution is -2.08. The topological polar surface area (TPSA) is 57.7 Å². The first-order chi connectivity index (χ1) is 11.2. The van der Waals surface area contributed by atoms with Gasteiger partial charge in [0.1, 0.15) is 11.9 Å². The fourth-order valence-corrected chi connectivity index (χ4v) is 2.87. The number of nitrogens with zero attached hydrogens (tertiary/aromatic N) is 5. The summed E-state index contributed by atoms with van der Waals surface area (Å²) in [4.78, 5) is 2.05. The third-order valence-corrected chi connectivity index (χ3v) is 4.19. The van der Waals surface area contributed by atoms with Gasteiger partial charge in [-0.1, -0.05) is 18.6 Å². The van der Waals surface area contributed by atoms with Crippen molar-refractivity contribution in [2.45, 2.75) is 32.2 Å². The number of allylic oxidation sites excluding steroid dienone is 1. The third-order valence-electron chi connectivity index (χ3n) is 4.19. The van der Waals surface area contributed by atoms with Crippen LogP contribution in [0.25, 0.3) is 11.6 Å². The van der Waals surface area contributed by atoms with E-state index in [1.807, 2.05) is 44.4 Å². The number of aryl methyl sites for hydroxylation is 1. The monoisotopic (exact) mass is 307 g/mol. The molecule has 0 unspecified atom stereocenters. The number of hydrogen-bond donors (Lipinski definition) is 0. The molecule has 0 radical (unpaired) electrons. The summed E-state index contributed by atoms with van der Waals surface area (Å²) in [6, 6.07) is 10.4. The van der Waals surface area contributed by atoms with E-state index in [1.54, 1.807) is 0 Å². The van der Waals surface area contributed by atoms with Crippen molar-refractivity contribution >= 4 is 17.3 Å². The number of aromatic nitrogens is 3. The summed E-state index contributed by atoms with van der Waals surface area (Å²) in [5.41, 5.74) is 2.71. The van der Waals surface area contributed by atoms with Crippen molar-refractivity contribution in [1.82, 2.24) is 14.8 Å². The maximum Gasteiger partial charge on any atom is 0.174 e. The zero-order valence-electron chi connectivity index (χ0n) is 13.7. The van der Waals surface area contributed by atoms with Crippen LogP contribution < -0.4 is 4.90 Å². The van der Waals surface area contributed by atoms with Gasteiger partial charge in [0, 0.05) is 32.7 Å². The fourth-order valence-electron chi connectivity index (χ4n) is 2.87. The Bertz CT molecular complexity index is 747. The first kappa shape index (κ1) is 15.3. The molecule has 2 aromatic rings. The second kappa shape index (κ2) is 6.66. The Hall–Kier alpha value is -2.61. The van der Waals surface area contributed by atoms with Crippen LogP contribution in [0.3, 0.4) is 0 Å². The van der Waals surface area contributed by atoms with Crippen LogP contribution in [0.15, 0.2) is 24.3 Å². The quantitative estimate of drug-likeness (QED) is 0.817. The molecule has 5 nitrogen and oxygen atoms in total. The van der Waals surface area contributed by atoms with Crippen LogP contribution in [-0.2, 0) is 13.0 Å². The Morgan fingerprint density at radius 2 is 1.96 bits per heavy atom. The minimum Gasteiger partial charge on any atom is -0.378 e. The second-order valence-electron chi connectivity index (χ2n) is 6.06. The third kappa shape index (κ3) is 3.26. The molecule has 0 atom stereocenters. The minimum atomic E-state index is 0.572. The highest BCUT2D eigenvalue weighted by atomic mass is 15.3. The molecule has 0 N–H and O–H groups in total. The number of anilines is 1. The van der Waals surface area contributed by atoms with Gasteiger partial charge in [-0.2, -0.15) is 5.26 Å². The SMILES string of the molecule is CN(C)c1ccc(C=C(C#N)c2nnc3n2CCCCC3)cc1. The molecule has 0 bridgehead atoms. The normalized spacial score (nSPS) is 14.7. The van der Waals surface area contributed by atoms with Crippen molar-refractivity contribution in [3.05, 3.63) is 41.5 Å². The highest BCUT2D eigenvalue weighted by Gasteiger charge is 2.17. The largest absolute Gasteiger partial charge is 0.378 e. The van der Waals surface area contributed by atoms with E-state index in [0.717, 1.165) is 42.9 Å². The Morgan fingerprint density at radius 3 is 2.65 bits per heavy atom. The maximum absolute atomic E-state index is 9.57. The van der Waals surface area contributed by atoms with Gasteiger partial charge in [-0.25, -0.2) is 0 Å². The Balaban J connectivity index is 1.94. The van der Waals surface area contributed by atoms with Crippen LogP contribution in [0.5, 0.6) is 0 Å². The first-order valence-corrected chi connectivity index (χ1v) is 8.00. The summed E-state index contributed by atoms with van der Waals surface area (Å²) < 4.78 is 2.11. The van der Waals surface area contributed by atoms with E-state index in [9.17, 15) is 5.26 Å². The minimum absolute atomic E-state index is 0.572. The molecule has 1 aliphatic heterocycles. The molecule has 3 rings (SSSR count). The predicted octanol–water partition coefficient (Wildman–Crippen LogP) is 3.13. The average molecular weight is 307 g/mol. The predicted molar refractivity (Wildman–Crippen MR) is 91.8 cm³/mol. The highest BCUT2D eigenvalue weighted by molar-refractivity contribution is 5.87. The Morgan fingerprint density at radius 1 is 1.17 bits per heavy atom. The van der Waals surface area contributed by atoms with Crippen LogP contribution in [0.4, 0.5) is 5.69 Å². The van der Waals surface area contributed by atoms with Crippen molar-refractivity contribution in [2.75, 3.05) is 19.0 Å². The standard InChI is InChI=1S/C18H21N5/c1-22(2)16-9-7-14(8-10-16)12-15(13-19)18-21-20-17-6-4-3-5-11-23(17)18/h7-10,12H,3-6,11H2,1-2H3. The molecule has 2 heterocycles. The fraction of sp³-hybridized carbons (Fsp3) is 0.389. The van der Waals surface area contributed by atoms with Crippen molar-refractivity contribution in [3.8, 4) is 6.07 Å². The molecule has 0 fully saturated rings. The van der Waals surface area contributed by atoms with Gasteiger partial charge in [-0.15, -0.1) is 10.2 Å². The molecule has 1 aromatic heterocycles. The van der Waals surface area contributed by atoms with Crippen LogP contribution in [0.2, 0.25) is 0 Å². The molecule has 23 heavy (non-hydrogen) atoms. The van der Waals surface area contributed by atoms with E-state index >= 15 is 0 Å². The zero-order valence-corrected chi connectivity index (χ0v) is 13.7. The summed E-state index contributed by atoms with van der Waals surface area (Å²) in [6.45, 7) is 0.899. The summed E-state index contributed by atoms with van der Waals surface area (Å²) in [5, 5.41) is 18.1. The van der Waals surface area contributed by atoms with Crippen LogP contribution in [-0.4, -0.2) is 28.9 Å². The highest BCUT2D eigenvalue weighted by Crippen LogP contribution is 2.22. The Labute approximate surface area is 136 Å². The van der Waals surface area contributed by atoms with Crippen LogP contribution in [0.1, 0.15) is 36.5 Å². The molecule has 5 heteroatoms. The van der Waals surface area contributed by atoms with E-state index < -0.39 is 0 Å². The van der Waals surface area contributed by atoms with Gasteiger partial charge in [-0.3, -0.25) is 0 Å². The number of rotatable bonds is 3. The van der Waals surface area contributed by atoms with Gasteiger partial charge in [0.2, 0.25) is 0 Å².